The quantitative estimate of drug-likeness (QED) is 0.611. The number of halogens is 2. The predicted octanol–water partition coefficient (Wildman–Crippen LogP) is 5.02. The van der Waals surface area contributed by atoms with Crippen molar-refractivity contribution in [2.24, 2.45) is 4.99 Å². The Bertz CT molecular complexity index is 903. The van der Waals surface area contributed by atoms with Gasteiger partial charge in [-0.25, -0.2) is 4.39 Å². The number of benzene rings is 2. The molecular formula is C21H22ClFN2O3S. The first-order valence-corrected chi connectivity index (χ1v) is 10.7. The van der Waals surface area contributed by atoms with Gasteiger partial charge in [0.2, 0.25) is 0 Å². The highest BCUT2D eigenvalue weighted by Gasteiger charge is 2.26. The maximum atomic E-state index is 14.0. The fraction of sp³-hybridized carbons (Fsp3) is 0.333. The van der Waals surface area contributed by atoms with Gasteiger partial charge in [0, 0.05) is 28.4 Å². The second-order valence-electron chi connectivity index (χ2n) is 6.14. The van der Waals surface area contributed by atoms with Crippen LogP contribution in [-0.4, -0.2) is 42.3 Å². The summed E-state index contributed by atoms with van der Waals surface area (Å²) in [5.41, 5.74) is 0.886. The van der Waals surface area contributed by atoms with E-state index in [1.807, 2.05) is 13.8 Å². The zero-order valence-electron chi connectivity index (χ0n) is 16.3. The minimum atomic E-state index is -0.366. The largest absolute Gasteiger partial charge is 0.490 e. The van der Waals surface area contributed by atoms with E-state index in [-0.39, 0.29) is 11.7 Å². The Morgan fingerprint density at radius 1 is 1.21 bits per heavy atom. The molecule has 0 unspecified atom stereocenters. The average Bonchev–Trinajstić information content (AvgIpc) is 3.17. The molecule has 0 aliphatic carbocycles. The Labute approximate surface area is 178 Å². The number of thioether (sulfide) groups is 1. The van der Waals surface area contributed by atoms with Crippen LogP contribution >= 0.6 is 23.4 Å². The lowest BCUT2D eigenvalue weighted by atomic mass is 10.1. The standard InChI is InChI=1S/C21H22ClFN2O3S/c1-3-27-18-9-8-14(12-19(18)28-4-2)20(26)25-11-10-24-21(25)29-13-15-16(22)6-5-7-17(15)23/h5-9,12H,3-4,10-11,13H2,1-2H3. The minimum absolute atomic E-state index is 0.183. The Hall–Kier alpha value is -2.25. The maximum absolute atomic E-state index is 14.0. The lowest BCUT2D eigenvalue weighted by Crippen LogP contribution is -2.32. The van der Waals surface area contributed by atoms with Gasteiger partial charge in [0.05, 0.1) is 19.8 Å². The van der Waals surface area contributed by atoms with Gasteiger partial charge in [0.1, 0.15) is 5.82 Å². The molecule has 1 heterocycles. The molecule has 154 valence electrons. The molecule has 0 aromatic heterocycles. The van der Waals surface area contributed by atoms with Gasteiger partial charge in [-0.3, -0.25) is 14.7 Å². The van der Waals surface area contributed by atoms with Gasteiger partial charge in [0.15, 0.2) is 16.7 Å². The van der Waals surface area contributed by atoms with Gasteiger partial charge in [-0.2, -0.15) is 0 Å². The third-order valence-corrected chi connectivity index (χ3v) is 5.64. The lowest BCUT2D eigenvalue weighted by molar-refractivity contribution is 0.0860. The second kappa shape index (κ2) is 9.98. The molecule has 29 heavy (non-hydrogen) atoms. The van der Waals surface area contributed by atoms with Crippen molar-refractivity contribution in [1.82, 2.24) is 4.90 Å². The number of carbonyl (C=O) groups excluding carboxylic acids is 1. The van der Waals surface area contributed by atoms with Crippen molar-refractivity contribution in [2.75, 3.05) is 26.3 Å². The molecule has 0 fully saturated rings. The molecule has 0 atom stereocenters. The van der Waals surface area contributed by atoms with Crippen molar-refractivity contribution < 1.29 is 18.7 Å². The molecule has 0 saturated heterocycles. The fourth-order valence-electron chi connectivity index (χ4n) is 2.89. The van der Waals surface area contributed by atoms with Gasteiger partial charge in [-0.15, -0.1) is 0 Å². The van der Waals surface area contributed by atoms with Crippen molar-refractivity contribution in [3.05, 3.63) is 58.4 Å². The van der Waals surface area contributed by atoms with Crippen molar-refractivity contribution in [3.8, 4) is 11.5 Å². The fourth-order valence-corrected chi connectivity index (χ4v) is 4.27. The van der Waals surface area contributed by atoms with E-state index >= 15 is 0 Å². The van der Waals surface area contributed by atoms with Crippen molar-refractivity contribution >= 4 is 34.4 Å². The normalized spacial score (nSPS) is 13.4. The van der Waals surface area contributed by atoms with Crippen LogP contribution in [0.4, 0.5) is 4.39 Å². The summed E-state index contributed by atoms with van der Waals surface area (Å²) in [5.74, 6) is 0.877. The zero-order valence-corrected chi connectivity index (χ0v) is 17.9. The van der Waals surface area contributed by atoms with Gasteiger partial charge in [-0.1, -0.05) is 29.4 Å². The Morgan fingerprint density at radius 3 is 2.69 bits per heavy atom. The molecule has 2 aromatic carbocycles. The Balaban J connectivity index is 1.75. The van der Waals surface area contributed by atoms with Gasteiger partial charge < -0.3 is 9.47 Å². The van der Waals surface area contributed by atoms with Crippen LogP contribution in [0.25, 0.3) is 0 Å². The number of ether oxygens (including phenoxy) is 2. The molecule has 3 rings (SSSR count). The number of nitrogens with zero attached hydrogens (tertiary/aromatic N) is 2. The third kappa shape index (κ3) is 5.03. The topological polar surface area (TPSA) is 51.1 Å². The van der Waals surface area contributed by atoms with Crippen LogP contribution in [-0.2, 0) is 5.75 Å². The Kier molecular flexibility index (Phi) is 7.39. The van der Waals surface area contributed by atoms with Crippen molar-refractivity contribution in [3.63, 3.8) is 0 Å². The first-order valence-electron chi connectivity index (χ1n) is 9.36. The SMILES string of the molecule is CCOc1ccc(C(=O)N2CCN=C2SCc2c(F)cccc2Cl)cc1OCC. The van der Waals surface area contributed by atoms with Crippen LogP contribution in [0.3, 0.4) is 0 Å². The maximum Gasteiger partial charge on any atom is 0.260 e. The van der Waals surface area contributed by atoms with E-state index in [1.54, 1.807) is 35.2 Å². The van der Waals surface area contributed by atoms with E-state index in [0.29, 0.717) is 64.9 Å². The third-order valence-electron chi connectivity index (χ3n) is 4.24. The zero-order chi connectivity index (χ0) is 20.8. The molecule has 1 aliphatic rings. The summed E-state index contributed by atoms with van der Waals surface area (Å²) in [4.78, 5) is 19.1. The number of amidine groups is 1. The van der Waals surface area contributed by atoms with Crippen LogP contribution in [0.1, 0.15) is 29.8 Å². The first kappa shape index (κ1) is 21.5. The van der Waals surface area contributed by atoms with Crippen LogP contribution in [0.2, 0.25) is 5.02 Å². The summed E-state index contributed by atoms with van der Waals surface area (Å²) in [5, 5.41) is 0.919. The second-order valence-corrected chi connectivity index (χ2v) is 7.49. The molecular weight excluding hydrogens is 415 g/mol. The number of carbonyl (C=O) groups is 1. The van der Waals surface area contributed by atoms with Crippen LogP contribution in [0.5, 0.6) is 11.5 Å². The molecule has 5 nitrogen and oxygen atoms in total. The molecule has 0 N–H and O–H groups in total. The van der Waals surface area contributed by atoms with Crippen LogP contribution < -0.4 is 9.47 Å². The number of amides is 1. The number of hydrogen-bond donors (Lipinski definition) is 0. The number of rotatable bonds is 7. The molecule has 0 saturated carbocycles. The summed E-state index contributed by atoms with van der Waals surface area (Å²) in [6.45, 7) is 5.72. The molecule has 8 heteroatoms. The monoisotopic (exact) mass is 436 g/mol. The van der Waals surface area contributed by atoms with Gasteiger partial charge in [-0.05, 0) is 44.2 Å². The van der Waals surface area contributed by atoms with Gasteiger partial charge >= 0.3 is 0 Å². The highest BCUT2D eigenvalue weighted by molar-refractivity contribution is 8.13. The van der Waals surface area contributed by atoms with Crippen LogP contribution in [0.15, 0.2) is 41.4 Å². The summed E-state index contributed by atoms with van der Waals surface area (Å²) >= 11 is 7.39. The molecule has 0 spiro atoms. The van der Waals surface area contributed by atoms with E-state index in [0.717, 1.165) is 0 Å². The Morgan fingerprint density at radius 2 is 1.97 bits per heavy atom. The molecule has 2 aromatic rings. The predicted molar refractivity (Wildman–Crippen MR) is 115 cm³/mol. The van der Waals surface area contributed by atoms with Crippen LogP contribution in [0, 0.1) is 5.82 Å². The van der Waals surface area contributed by atoms with E-state index in [9.17, 15) is 9.18 Å². The van der Waals surface area contributed by atoms with E-state index in [4.69, 9.17) is 21.1 Å². The summed E-state index contributed by atoms with van der Waals surface area (Å²) in [6.07, 6.45) is 0. The molecule has 0 radical (unpaired) electrons. The highest BCUT2D eigenvalue weighted by Crippen LogP contribution is 2.31. The van der Waals surface area contributed by atoms with E-state index in [1.165, 1.54) is 17.8 Å². The smallest absolute Gasteiger partial charge is 0.260 e. The lowest BCUT2D eigenvalue weighted by Gasteiger charge is -2.19. The number of hydrogen-bond acceptors (Lipinski definition) is 5. The number of aliphatic imine (C=N–C) groups is 1. The summed E-state index contributed by atoms with van der Waals surface area (Å²) in [7, 11) is 0. The summed E-state index contributed by atoms with van der Waals surface area (Å²) in [6, 6.07) is 9.72. The average molecular weight is 437 g/mol. The van der Waals surface area contributed by atoms with E-state index < -0.39 is 0 Å². The molecule has 0 bridgehead atoms. The molecule has 1 amide bonds. The minimum Gasteiger partial charge on any atom is -0.490 e. The van der Waals surface area contributed by atoms with Crippen molar-refractivity contribution in [2.45, 2.75) is 19.6 Å². The first-order chi connectivity index (χ1) is 14.0. The molecule has 1 aliphatic heterocycles. The van der Waals surface area contributed by atoms with Crippen molar-refractivity contribution in [1.29, 1.82) is 0 Å². The highest BCUT2D eigenvalue weighted by atomic mass is 35.5. The van der Waals surface area contributed by atoms with E-state index in [2.05, 4.69) is 4.99 Å². The summed E-state index contributed by atoms with van der Waals surface area (Å²) < 4.78 is 25.2. The van der Waals surface area contributed by atoms with Gasteiger partial charge in [0.25, 0.3) is 5.91 Å².